The summed E-state index contributed by atoms with van der Waals surface area (Å²) in [5.74, 6) is -0.980. The Bertz CT molecular complexity index is 396. The van der Waals surface area contributed by atoms with Gasteiger partial charge in [0.05, 0.1) is 18.1 Å². The summed E-state index contributed by atoms with van der Waals surface area (Å²) in [6.07, 6.45) is 2.02. The molecule has 3 nitrogen and oxygen atoms in total. The molecular formula is C10H9NO2S. The fraction of sp³-hybridized carbons (Fsp3) is 0.200. The van der Waals surface area contributed by atoms with E-state index in [0.29, 0.717) is 5.56 Å². The SMILES string of the molecule is CSc1ccc(CC#N)c(C(=O)O)c1. The maximum Gasteiger partial charge on any atom is 0.336 e. The van der Waals surface area contributed by atoms with Gasteiger partial charge in [0.15, 0.2) is 0 Å². The Kier molecular flexibility index (Phi) is 3.55. The van der Waals surface area contributed by atoms with Gasteiger partial charge in [0.2, 0.25) is 0 Å². The minimum absolute atomic E-state index is 0.135. The van der Waals surface area contributed by atoms with Gasteiger partial charge in [0, 0.05) is 4.90 Å². The molecule has 1 aromatic rings. The molecule has 1 rings (SSSR count). The van der Waals surface area contributed by atoms with Crippen molar-refractivity contribution in [2.24, 2.45) is 0 Å². The van der Waals surface area contributed by atoms with E-state index in [1.54, 1.807) is 12.1 Å². The lowest BCUT2D eigenvalue weighted by Crippen LogP contribution is -2.02. The van der Waals surface area contributed by atoms with Gasteiger partial charge in [-0.3, -0.25) is 0 Å². The smallest absolute Gasteiger partial charge is 0.336 e. The highest BCUT2D eigenvalue weighted by Gasteiger charge is 2.10. The minimum atomic E-state index is -0.980. The molecule has 0 atom stereocenters. The highest BCUT2D eigenvalue weighted by molar-refractivity contribution is 7.98. The van der Waals surface area contributed by atoms with Crippen LogP contribution in [0.5, 0.6) is 0 Å². The summed E-state index contributed by atoms with van der Waals surface area (Å²) in [4.78, 5) is 11.7. The molecule has 1 N–H and O–H groups in total. The summed E-state index contributed by atoms with van der Waals surface area (Å²) < 4.78 is 0. The number of nitrogens with zero attached hydrogens (tertiary/aromatic N) is 1. The molecule has 1 aromatic carbocycles. The summed E-state index contributed by atoms with van der Waals surface area (Å²) in [7, 11) is 0. The van der Waals surface area contributed by atoms with E-state index >= 15 is 0 Å². The maximum atomic E-state index is 10.8. The molecule has 0 spiro atoms. The van der Waals surface area contributed by atoms with Crippen LogP contribution in [0.4, 0.5) is 0 Å². The number of carboxylic acid groups (broad SMARTS) is 1. The second-order valence-corrected chi connectivity index (χ2v) is 3.54. The van der Waals surface area contributed by atoms with Crippen LogP contribution in [-0.4, -0.2) is 17.3 Å². The normalized spacial score (nSPS) is 9.43. The van der Waals surface area contributed by atoms with E-state index in [1.165, 1.54) is 11.8 Å². The zero-order valence-corrected chi connectivity index (χ0v) is 8.47. The molecule has 0 fully saturated rings. The first-order valence-corrected chi connectivity index (χ1v) is 5.18. The first kappa shape index (κ1) is 10.6. The van der Waals surface area contributed by atoms with Crippen molar-refractivity contribution in [3.05, 3.63) is 29.3 Å². The van der Waals surface area contributed by atoms with Crippen LogP contribution in [-0.2, 0) is 6.42 Å². The molecule has 4 heteroatoms. The van der Waals surface area contributed by atoms with Gasteiger partial charge in [-0.1, -0.05) is 6.07 Å². The largest absolute Gasteiger partial charge is 0.478 e. The second-order valence-electron chi connectivity index (χ2n) is 2.66. The van der Waals surface area contributed by atoms with Gasteiger partial charge in [0.1, 0.15) is 0 Å². The average molecular weight is 207 g/mol. The zero-order chi connectivity index (χ0) is 10.6. The van der Waals surface area contributed by atoms with Gasteiger partial charge in [0.25, 0.3) is 0 Å². The Hall–Kier alpha value is -1.47. The first-order chi connectivity index (χ1) is 6.69. The molecule has 0 bridgehead atoms. The van der Waals surface area contributed by atoms with Crippen molar-refractivity contribution in [2.75, 3.05) is 6.26 Å². The molecule has 0 aliphatic carbocycles. The third kappa shape index (κ3) is 2.27. The summed E-state index contributed by atoms with van der Waals surface area (Å²) in [5, 5.41) is 17.4. The standard InChI is InChI=1S/C10H9NO2S/c1-14-8-3-2-7(4-5-11)9(6-8)10(12)13/h2-3,6H,4H2,1H3,(H,12,13). The molecule has 0 heterocycles. The number of benzene rings is 1. The Balaban J connectivity index is 3.18. The summed E-state index contributed by atoms with van der Waals surface area (Å²) in [5.41, 5.74) is 0.788. The van der Waals surface area contributed by atoms with Crippen molar-refractivity contribution in [1.82, 2.24) is 0 Å². The molecule has 0 saturated carbocycles. The number of hydrogen-bond donors (Lipinski definition) is 1. The fourth-order valence-corrected chi connectivity index (χ4v) is 1.56. The van der Waals surface area contributed by atoms with Crippen LogP contribution in [0.3, 0.4) is 0 Å². The Morgan fingerprint density at radius 1 is 1.64 bits per heavy atom. The molecule has 0 saturated heterocycles. The fourth-order valence-electron chi connectivity index (χ4n) is 1.12. The van der Waals surface area contributed by atoms with E-state index in [4.69, 9.17) is 10.4 Å². The highest BCUT2D eigenvalue weighted by Crippen LogP contribution is 2.19. The lowest BCUT2D eigenvalue weighted by Gasteiger charge is -2.03. The number of carbonyl (C=O) groups is 1. The molecule has 72 valence electrons. The van der Waals surface area contributed by atoms with Crippen LogP contribution in [0.25, 0.3) is 0 Å². The average Bonchev–Trinajstić information content (AvgIpc) is 2.18. The molecule has 0 aliphatic heterocycles. The molecule has 0 aliphatic rings. The van der Waals surface area contributed by atoms with E-state index in [-0.39, 0.29) is 12.0 Å². The van der Waals surface area contributed by atoms with E-state index < -0.39 is 5.97 Å². The monoisotopic (exact) mass is 207 g/mol. The van der Waals surface area contributed by atoms with Gasteiger partial charge in [-0.25, -0.2) is 4.79 Å². The van der Waals surface area contributed by atoms with Crippen molar-refractivity contribution < 1.29 is 9.90 Å². The predicted molar refractivity (Wildman–Crippen MR) is 54.5 cm³/mol. The van der Waals surface area contributed by atoms with Gasteiger partial charge >= 0.3 is 5.97 Å². The first-order valence-electron chi connectivity index (χ1n) is 3.96. The molecule has 0 amide bonds. The van der Waals surface area contributed by atoms with Crippen LogP contribution in [0.1, 0.15) is 15.9 Å². The van der Waals surface area contributed by atoms with Gasteiger partial charge in [-0.15, -0.1) is 11.8 Å². The predicted octanol–water partition coefficient (Wildman–Crippen LogP) is 2.17. The van der Waals surface area contributed by atoms with Gasteiger partial charge < -0.3 is 5.11 Å². The lowest BCUT2D eigenvalue weighted by atomic mass is 10.1. The van der Waals surface area contributed by atoms with E-state index in [0.717, 1.165) is 4.90 Å². The minimum Gasteiger partial charge on any atom is -0.478 e. The number of nitriles is 1. The highest BCUT2D eigenvalue weighted by atomic mass is 32.2. The van der Waals surface area contributed by atoms with Crippen LogP contribution >= 0.6 is 11.8 Å². The Labute approximate surface area is 86.4 Å². The summed E-state index contributed by atoms with van der Waals surface area (Å²) >= 11 is 1.48. The summed E-state index contributed by atoms with van der Waals surface area (Å²) in [6, 6.07) is 7.06. The van der Waals surface area contributed by atoms with Crippen LogP contribution in [0.2, 0.25) is 0 Å². The molecule has 0 aromatic heterocycles. The van der Waals surface area contributed by atoms with Crippen LogP contribution in [0, 0.1) is 11.3 Å². The molecular weight excluding hydrogens is 198 g/mol. The molecule has 0 radical (unpaired) electrons. The Morgan fingerprint density at radius 3 is 2.86 bits per heavy atom. The van der Waals surface area contributed by atoms with Crippen molar-refractivity contribution >= 4 is 17.7 Å². The van der Waals surface area contributed by atoms with Crippen LogP contribution in [0.15, 0.2) is 23.1 Å². The number of hydrogen-bond acceptors (Lipinski definition) is 3. The number of aromatic carboxylic acids is 1. The number of thioether (sulfide) groups is 1. The topological polar surface area (TPSA) is 61.1 Å². The van der Waals surface area contributed by atoms with Crippen molar-refractivity contribution in [1.29, 1.82) is 5.26 Å². The second kappa shape index (κ2) is 4.68. The summed E-state index contributed by atoms with van der Waals surface area (Å²) in [6.45, 7) is 0. The van der Waals surface area contributed by atoms with Crippen molar-refractivity contribution in [3.8, 4) is 6.07 Å². The molecule has 14 heavy (non-hydrogen) atoms. The van der Waals surface area contributed by atoms with Gasteiger partial charge in [-0.05, 0) is 24.0 Å². The number of rotatable bonds is 3. The third-order valence-electron chi connectivity index (χ3n) is 1.82. The maximum absolute atomic E-state index is 10.8. The van der Waals surface area contributed by atoms with Gasteiger partial charge in [-0.2, -0.15) is 5.26 Å². The number of carboxylic acids is 1. The van der Waals surface area contributed by atoms with Crippen molar-refractivity contribution in [2.45, 2.75) is 11.3 Å². The third-order valence-corrected chi connectivity index (χ3v) is 2.54. The van der Waals surface area contributed by atoms with Crippen molar-refractivity contribution in [3.63, 3.8) is 0 Å². The quantitative estimate of drug-likeness (QED) is 0.771. The lowest BCUT2D eigenvalue weighted by molar-refractivity contribution is 0.0695. The van der Waals surface area contributed by atoms with E-state index in [2.05, 4.69) is 0 Å². The van der Waals surface area contributed by atoms with Crippen LogP contribution < -0.4 is 0 Å². The van der Waals surface area contributed by atoms with E-state index in [1.807, 2.05) is 18.4 Å². The molecule has 0 unspecified atom stereocenters. The zero-order valence-electron chi connectivity index (χ0n) is 7.65. The van der Waals surface area contributed by atoms with E-state index in [9.17, 15) is 4.79 Å². The Morgan fingerprint density at radius 2 is 2.36 bits per heavy atom.